The largest absolute Gasteiger partial charge is 0.399 e. The van der Waals surface area contributed by atoms with Crippen LogP contribution in [-0.4, -0.2) is 14.2 Å². The van der Waals surface area contributed by atoms with Crippen molar-refractivity contribution in [3.05, 3.63) is 23.2 Å². The minimum Gasteiger partial charge on any atom is -0.399 e. The van der Waals surface area contributed by atoms with Crippen LogP contribution in [0.2, 0.25) is 5.02 Å². The first kappa shape index (κ1) is 13.3. The Morgan fingerprint density at radius 1 is 1.31 bits per heavy atom. The molecule has 0 aliphatic heterocycles. The highest BCUT2D eigenvalue weighted by molar-refractivity contribution is 7.91. The van der Waals surface area contributed by atoms with Gasteiger partial charge in [-0.25, -0.2) is 8.42 Å². The molecule has 0 saturated carbocycles. The van der Waals surface area contributed by atoms with Crippen LogP contribution in [0.15, 0.2) is 23.1 Å². The van der Waals surface area contributed by atoms with E-state index in [0.29, 0.717) is 12.1 Å². The summed E-state index contributed by atoms with van der Waals surface area (Å²) in [6.07, 6.45) is 2.54. The first-order chi connectivity index (χ1) is 7.47. The van der Waals surface area contributed by atoms with Gasteiger partial charge in [0.05, 0.1) is 15.7 Å². The molecule has 0 bridgehead atoms. The van der Waals surface area contributed by atoms with E-state index in [9.17, 15) is 8.42 Å². The fourth-order valence-electron chi connectivity index (χ4n) is 1.41. The summed E-state index contributed by atoms with van der Waals surface area (Å²) in [5.41, 5.74) is 5.97. The molecule has 0 amide bonds. The van der Waals surface area contributed by atoms with E-state index in [1.54, 1.807) is 6.07 Å². The number of hydrogen-bond acceptors (Lipinski definition) is 3. The van der Waals surface area contributed by atoms with Crippen LogP contribution in [0.5, 0.6) is 0 Å². The van der Waals surface area contributed by atoms with Gasteiger partial charge in [-0.05, 0) is 24.6 Å². The summed E-state index contributed by atoms with van der Waals surface area (Å²) in [7, 11) is -3.30. The van der Waals surface area contributed by atoms with Crippen LogP contribution in [0.1, 0.15) is 26.2 Å². The second-order valence-corrected chi connectivity index (χ2v) is 6.20. The minimum absolute atomic E-state index is 0.129. The molecule has 5 heteroatoms. The van der Waals surface area contributed by atoms with Crippen LogP contribution in [0.4, 0.5) is 5.69 Å². The first-order valence-electron chi connectivity index (χ1n) is 5.25. The highest BCUT2D eigenvalue weighted by atomic mass is 35.5. The van der Waals surface area contributed by atoms with Gasteiger partial charge in [0, 0.05) is 5.69 Å². The molecule has 90 valence electrons. The molecule has 0 saturated heterocycles. The van der Waals surface area contributed by atoms with E-state index in [1.165, 1.54) is 12.1 Å². The standard InChI is InChI=1S/C11H16ClNO2S/c1-2-3-4-7-16(14,15)11-8-9(13)5-6-10(11)12/h5-6,8H,2-4,7,13H2,1H3. The number of nitrogen functional groups attached to an aromatic ring is 1. The third kappa shape index (κ3) is 3.39. The number of unbranched alkanes of at least 4 members (excludes halogenated alkanes) is 2. The lowest BCUT2D eigenvalue weighted by molar-refractivity contribution is 0.591. The van der Waals surface area contributed by atoms with Gasteiger partial charge in [0.1, 0.15) is 0 Å². The molecule has 2 N–H and O–H groups in total. The molecule has 0 heterocycles. The Balaban J connectivity index is 2.93. The molecule has 16 heavy (non-hydrogen) atoms. The third-order valence-corrected chi connectivity index (χ3v) is 4.58. The van der Waals surface area contributed by atoms with E-state index < -0.39 is 9.84 Å². The SMILES string of the molecule is CCCCCS(=O)(=O)c1cc(N)ccc1Cl. The molecule has 3 nitrogen and oxygen atoms in total. The Kier molecular flexibility index (Phi) is 4.62. The van der Waals surface area contributed by atoms with Crippen LogP contribution in [-0.2, 0) is 9.84 Å². The van der Waals surface area contributed by atoms with Crippen molar-refractivity contribution in [2.45, 2.75) is 31.1 Å². The van der Waals surface area contributed by atoms with Gasteiger partial charge in [-0.15, -0.1) is 0 Å². The predicted molar refractivity (Wildman–Crippen MR) is 67.4 cm³/mol. The Bertz CT molecular complexity index is 457. The number of nitrogens with two attached hydrogens (primary N) is 1. The van der Waals surface area contributed by atoms with Crippen LogP contribution in [0, 0.1) is 0 Å². The fraction of sp³-hybridized carbons (Fsp3) is 0.455. The lowest BCUT2D eigenvalue weighted by Gasteiger charge is -2.07. The minimum atomic E-state index is -3.30. The molecule has 1 rings (SSSR count). The molecule has 0 atom stereocenters. The van der Waals surface area contributed by atoms with Crippen LogP contribution < -0.4 is 5.73 Å². The van der Waals surface area contributed by atoms with Crippen molar-refractivity contribution in [3.63, 3.8) is 0 Å². The maximum atomic E-state index is 11.9. The topological polar surface area (TPSA) is 60.2 Å². The zero-order valence-electron chi connectivity index (χ0n) is 9.24. The smallest absolute Gasteiger partial charge is 0.179 e. The van der Waals surface area contributed by atoms with E-state index in [-0.39, 0.29) is 15.7 Å². The van der Waals surface area contributed by atoms with Crippen molar-refractivity contribution >= 4 is 27.1 Å². The van der Waals surface area contributed by atoms with Gasteiger partial charge in [0.25, 0.3) is 0 Å². The molecular weight excluding hydrogens is 246 g/mol. The van der Waals surface area contributed by atoms with Crippen molar-refractivity contribution in [2.75, 3.05) is 11.5 Å². The Morgan fingerprint density at radius 3 is 2.62 bits per heavy atom. The number of hydrogen-bond donors (Lipinski definition) is 1. The Hall–Kier alpha value is -0.740. The summed E-state index contributed by atoms with van der Waals surface area (Å²) in [6.45, 7) is 2.03. The number of sulfone groups is 1. The van der Waals surface area contributed by atoms with Crippen molar-refractivity contribution in [1.82, 2.24) is 0 Å². The van der Waals surface area contributed by atoms with Gasteiger partial charge in [-0.1, -0.05) is 31.4 Å². The number of benzene rings is 1. The number of rotatable bonds is 5. The van der Waals surface area contributed by atoms with E-state index in [2.05, 4.69) is 0 Å². The molecule has 0 radical (unpaired) electrons. The quantitative estimate of drug-likeness (QED) is 0.655. The predicted octanol–water partition coefficient (Wildman–Crippen LogP) is 2.89. The van der Waals surface area contributed by atoms with Gasteiger partial charge < -0.3 is 5.73 Å². The molecular formula is C11H16ClNO2S. The van der Waals surface area contributed by atoms with Crippen LogP contribution in [0.3, 0.4) is 0 Å². The maximum Gasteiger partial charge on any atom is 0.179 e. The lowest BCUT2D eigenvalue weighted by atomic mass is 10.3. The van der Waals surface area contributed by atoms with E-state index >= 15 is 0 Å². The van der Waals surface area contributed by atoms with Crippen LogP contribution >= 0.6 is 11.6 Å². The van der Waals surface area contributed by atoms with E-state index in [1.807, 2.05) is 6.92 Å². The van der Waals surface area contributed by atoms with Gasteiger partial charge in [-0.3, -0.25) is 0 Å². The third-order valence-electron chi connectivity index (χ3n) is 2.31. The van der Waals surface area contributed by atoms with Gasteiger partial charge in [-0.2, -0.15) is 0 Å². The fourth-order valence-corrected chi connectivity index (χ4v) is 3.37. The van der Waals surface area contributed by atoms with E-state index in [4.69, 9.17) is 17.3 Å². The highest BCUT2D eigenvalue weighted by Gasteiger charge is 2.17. The average Bonchev–Trinajstić information content (AvgIpc) is 2.22. The summed E-state index contributed by atoms with van der Waals surface area (Å²) in [6, 6.07) is 4.53. The number of anilines is 1. The number of halogens is 1. The first-order valence-corrected chi connectivity index (χ1v) is 7.28. The van der Waals surface area contributed by atoms with Gasteiger partial charge in [0.15, 0.2) is 9.84 Å². The molecule has 0 aromatic heterocycles. The summed E-state index contributed by atoms with van der Waals surface area (Å²) in [5, 5.41) is 0.241. The summed E-state index contributed by atoms with van der Waals surface area (Å²) in [5.74, 6) is 0.129. The van der Waals surface area contributed by atoms with Crippen molar-refractivity contribution < 1.29 is 8.42 Å². The zero-order chi connectivity index (χ0) is 12.2. The average molecular weight is 262 g/mol. The van der Waals surface area contributed by atoms with Crippen LogP contribution in [0.25, 0.3) is 0 Å². The van der Waals surface area contributed by atoms with Gasteiger partial charge >= 0.3 is 0 Å². The second kappa shape index (κ2) is 5.55. The highest BCUT2D eigenvalue weighted by Crippen LogP contribution is 2.25. The molecule has 0 spiro atoms. The molecule has 1 aromatic rings. The molecule has 0 fully saturated rings. The molecule has 0 aliphatic rings. The molecule has 1 aromatic carbocycles. The van der Waals surface area contributed by atoms with Crippen molar-refractivity contribution in [2.24, 2.45) is 0 Å². The lowest BCUT2D eigenvalue weighted by Crippen LogP contribution is -2.08. The summed E-state index contributed by atoms with van der Waals surface area (Å²) in [4.78, 5) is 0.144. The second-order valence-electron chi connectivity index (χ2n) is 3.72. The molecule has 0 unspecified atom stereocenters. The van der Waals surface area contributed by atoms with Crippen molar-refractivity contribution in [1.29, 1.82) is 0 Å². The Labute approximate surface area is 102 Å². The monoisotopic (exact) mass is 261 g/mol. The van der Waals surface area contributed by atoms with E-state index in [0.717, 1.165) is 12.8 Å². The summed E-state index contributed by atoms with van der Waals surface area (Å²) < 4.78 is 23.9. The summed E-state index contributed by atoms with van der Waals surface area (Å²) >= 11 is 5.86. The van der Waals surface area contributed by atoms with Gasteiger partial charge in [0.2, 0.25) is 0 Å². The zero-order valence-corrected chi connectivity index (χ0v) is 10.8. The Morgan fingerprint density at radius 2 is 2.00 bits per heavy atom. The maximum absolute atomic E-state index is 11.9. The van der Waals surface area contributed by atoms with Crippen molar-refractivity contribution in [3.8, 4) is 0 Å². The molecule has 0 aliphatic carbocycles. The normalized spacial score (nSPS) is 11.6.